The van der Waals surface area contributed by atoms with Crippen molar-refractivity contribution in [1.82, 2.24) is 4.98 Å². The summed E-state index contributed by atoms with van der Waals surface area (Å²) in [7, 11) is 4.71. The van der Waals surface area contributed by atoms with Gasteiger partial charge in [0.25, 0.3) is 0 Å². The summed E-state index contributed by atoms with van der Waals surface area (Å²) in [6, 6.07) is 21.9. The highest BCUT2D eigenvalue weighted by Gasteiger charge is 2.14. The fourth-order valence-corrected chi connectivity index (χ4v) is 5.14. The van der Waals surface area contributed by atoms with Crippen molar-refractivity contribution < 1.29 is 19.0 Å². The summed E-state index contributed by atoms with van der Waals surface area (Å²) in [4.78, 5) is 17.5. The summed E-state index contributed by atoms with van der Waals surface area (Å²) >= 11 is 1.42. The minimum absolute atomic E-state index is 0.343. The second-order valence-corrected chi connectivity index (χ2v) is 9.42. The van der Waals surface area contributed by atoms with Crippen molar-refractivity contribution in [3.8, 4) is 11.5 Å². The minimum atomic E-state index is -0.343. The summed E-state index contributed by atoms with van der Waals surface area (Å²) in [6.45, 7) is 0. The van der Waals surface area contributed by atoms with Crippen molar-refractivity contribution in [2.75, 3.05) is 21.3 Å². The van der Waals surface area contributed by atoms with Crippen LogP contribution in [0.15, 0.2) is 72.9 Å². The van der Waals surface area contributed by atoms with E-state index in [1.54, 1.807) is 14.2 Å². The molecule has 184 valence electrons. The van der Waals surface area contributed by atoms with Gasteiger partial charge in [-0.1, -0.05) is 48.6 Å². The Morgan fingerprint density at radius 2 is 1.35 bits per heavy atom. The van der Waals surface area contributed by atoms with Crippen molar-refractivity contribution in [3.05, 3.63) is 100 Å². The topological polar surface area (TPSA) is 57.7 Å². The number of nitrogens with zero attached hydrogens (tertiary/aromatic N) is 1. The number of carbonyl (C=O) groups excluding carboxylic acids is 1. The molecule has 0 amide bonds. The van der Waals surface area contributed by atoms with E-state index < -0.39 is 0 Å². The Balaban J connectivity index is 1.62. The molecule has 0 atom stereocenters. The van der Waals surface area contributed by atoms with Gasteiger partial charge in [0, 0.05) is 27.2 Å². The summed E-state index contributed by atoms with van der Waals surface area (Å²) in [5, 5.41) is 1.91. The van der Waals surface area contributed by atoms with E-state index in [9.17, 15) is 4.79 Å². The molecule has 5 rings (SSSR count). The second-order valence-electron chi connectivity index (χ2n) is 8.36. The lowest BCUT2D eigenvalue weighted by molar-refractivity contribution is 0.0606. The molecular formula is C31H25NO4S. The number of aromatic nitrogens is 1. The Morgan fingerprint density at radius 1 is 0.757 bits per heavy atom. The third-order valence-corrected chi connectivity index (χ3v) is 7.21. The van der Waals surface area contributed by atoms with E-state index in [0.717, 1.165) is 54.7 Å². The van der Waals surface area contributed by atoms with E-state index in [4.69, 9.17) is 19.2 Å². The van der Waals surface area contributed by atoms with E-state index in [0.29, 0.717) is 4.88 Å². The fourth-order valence-electron chi connectivity index (χ4n) is 4.08. The van der Waals surface area contributed by atoms with Crippen LogP contribution in [0.3, 0.4) is 0 Å². The first kappa shape index (κ1) is 24.3. The molecule has 5 aromatic rings. The van der Waals surface area contributed by atoms with Gasteiger partial charge >= 0.3 is 5.97 Å². The van der Waals surface area contributed by atoms with Crippen LogP contribution in [0.2, 0.25) is 0 Å². The predicted molar refractivity (Wildman–Crippen MR) is 152 cm³/mol. The lowest BCUT2D eigenvalue weighted by Crippen LogP contribution is -1.96. The van der Waals surface area contributed by atoms with Crippen LogP contribution in [-0.2, 0) is 4.74 Å². The van der Waals surface area contributed by atoms with E-state index in [-0.39, 0.29) is 5.97 Å². The van der Waals surface area contributed by atoms with Gasteiger partial charge in [-0.25, -0.2) is 4.79 Å². The van der Waals surface area contributed by atoms with Gasteiger partial charge in [-0.3, -0.25) is 4.98 Å². The first-order valence-electron chi connectivity index (χ1n) is 11.7. The van der Waals surface area contributed by atoms with Gasteiger partial charge in [0.2, 0.25) is 0 Å². The smallest absolute Gasteiger partial charge is 0.348 e. The maximum absolute atomic E-state index is 12.2. The average molecular weight is 508 g/mol. The molecule has 0 unspecified atom stereocenters. The Labute approximate surface area is 219 Å². The van der Waals surface area contributed by atoms with Crippen molar-refractivity contribution in [2.24, 2.45) is 0 Å². The Morgan fingerprint density at radius 3 is 1.95 bits per heavy atom. The summed E-state index contributed by atoms with van der Waals surface area (Å²) in [5.74, 6) is 1.29. The third kappa shape index (κ3) is 5.25. The van der Waals surface area contributed by atoms with E-state index in [1.165, 1.54) is 18.4 Å². The van der Waals surface area contributed by atoms with Crippen molar-refractivity contribution in [2.45, 2.75) is 0 Å². The van der Waals surface area contributed by atoms with Crippen molar-refractivity contribution >= 4 is 62.6 Å². The molecular weight excluding hydrogens is 482 g/mol. The molecule has 0 N–H and O–H groups in total. The number of hydrogen-bond donors (Lipinski definition) is 0. The first-order chi connectivity index (χ1) is 18.1. The highest BCUT2D eigenvalue weighted by atomic mass is 32.1. The molecule has 0 aliphatic heterocycles. The van der Waals surface area contributed by atoms with Crippen LogP contribution in [-0.4, -0.2) is 32.3 Å². The van der Waals surface area contributed by atoms with E-state index >= 15 is 0 Å². The third-order valence-electron chi connectivity index (χ3n) is 6.04. The van der Waals surface area contributed by atoms with Gasteiger partial charge in [-0.15, -0.1) is 11.3 Å². The summed E-state index contributed by atoms with van der Waals surface area (Å²) in [6.07, 6.45) is 10.1. The standard InChI is InChI=1S/C31H25NO4S/c1-34-25-12-7-20(8-13-25)4-5-22-16-23(11-6-21-9-14-26(35-2)15-10-21)29-27(17-22)30-24(19-32-29)18-28(37-30)31(33)36-3/h4-19H,1-3H3/b5-4+,11-6+. The Hall–Kier alpha value is -4.42. The number of esters is 1. The SMILES string of the molecule is COC(=O)c1cc2cnc3c(/C=C/c4ccc(OC)cc4)cc(/C=C/c4ccc(OC)cc4)cc3c2s1. The highest BCUT2D eigenvalue weighted by Crippen LogP contribution is 2.35. The monoisotopic (exact) mass is 507 g/mol. The molecule has 0 saturated carbocycles. The maximum atomic E-state index is 12.2. The fraction of sp³-hybridized carbons (Fsp3) is 0.0968. The van der Waals surface area contributed by atoms with Crippen LogP contribution in [0.5, 0.6) is 11.5 Å². The van der Waals surface area contributed by atoms with Crippen molar-refractivity contribution in [3.63, 3.8) is 0 Å². The first-order valence-corrected chi connectivity index (χ1v) is 12.5. The molecule has 0 aliphatic carbocycles. The zero-order chi connectivity index (χ0) is 25.8. The molecule has 5 nitrogen and oxygen atoms in total. The van der Waals surface area contributed by atoms with Gasteiger partial charge in [-0.2, -0.15) is 0 Å². The van der Waals surface area contributed by atoms with Gasteiger partial charge in [0.05, 0.1) is 26.8 Å². The van der Waals surface area contributed by atoms with Crippen LogP contribution in [0, 0.1) is 0 Å². The lowest BCUT2D eigenvalue weighted by atomic mass is 10.0. The number of benzene rings is 3. The number of pyridine rings is 1. The quantitative estimate of drug-likeness (QED) is 0.168. The van der Waals surface area contributed by atoms with Crippen LogP contribution in [0.25, 0.3) is 45.3 Å². The van der Waals surface area contributed by atoms with Gasteiger partial charge in [-0.05, 0) is 59.2 Å². The largest absolute Gasteiger partial charge is 0.497 e. The van der Waals surface area contributed by atoms with Crippen LogP contribution < -0.4 is 9.47 Å². The number of fused-ring (bicyclic) bond motifs is 3. The zero-order valence-electron chi connectivity index (χ0n) is 20.7. The Bertz CT molecular complexity index is 1630. The van der Waals surface area contributed by atoms with Crippen LogP contribution in [0.1, 0.15) is 31.9 Å². The van der Waals surface area contributed by atoms with E-state index in [2.05, 4.69) is 36.4 Å². The molecule has 37 heavy (non-hydrogen) atoms. The van der Waals surface area contributed by atoms with Gasteiger partial charge < -0.3 is 14.2 Å². The zero-order valence-corrected chi connectivity index (χ0v) is 21.5. The second kappa shape index (κ2) is 10.7. The molecule has 0 bridgehead atoms. The average Bonchev–Trinajstić information content (AvgIpc) is 3.40. The molecule has 0 spiro atoms. The Kier molecular flexibility index (Phi) is 7.01. The summed E-state index contributed by atoms with van der Waals surface area (Å²) < 4.78 is 16.5. The molecule has 0 radical (unpaired) electrons. The van der Waals surface area contributed by atoms with E-state index in [1.807, 2.05) is 60.8 Å². The normalized spacial score (nSPS) is 11.5. The predicted octanol–water partition coefficient (Wildman–Crippen LogP) is 7.59. The molecule has 6 heteroatoms. The number of rotatable bonds is 7. The highest BCUT2D eigenvalue weighted by molar-refractivity contribution is 7.21. The number of thiophene rings is 1. The van der Waals surface area contributed by atoms with Crippen molar-refractivity contribution in [1.29, 1.82) is 0 Å². The lowest BCUT2D eigenvalue weighted by Gasteiger charge is -2.07. The number of methoxy groups -OCH3 is 3. The molecule has 0 aliphatic rings. The number of carbonyl (C=O) groups is 1. The molecule has 0 fully saturated rings. The maximum Gasteiger partial charge on any atom is 0.348 e. The minimum Gasteiger partial charge on any atom is -0.497 e. The number of ether oxygens (including phenoxy) is 3. The van der Waals surface area contributed by atoms with Gasteiger partial charge in [0.1, 0.15) is 16.4 Å². The number of hydrogen-bond acceptors (Lipinski definition) is 6. The van der Waals surface area contributed by atoms with Crippen LogP contribution >= 0.6 is 11.3 Å². The molecule has 2 heterocycles. The van der Waals surface area contributed by atoms with Gasteiger partial charge in [0.15, 0.2) is 0 Å². The summed E-state index contributed by atoms with van der Waals surface area (Å²) in [5.41, 5.74) is 5.00. The molecule has 3 aromatic carbocycles. The molecule has 0 saturated heterocycles. The molecule has 2 aromatic heterocycles. The van der Waals surface area contributed by atoms with Crippen LogP contribution in [0.4, 0.5) is 0 Å².